The largest absolute Gasteiger partial charge is 0.347 e. The second-order valence-electron chi connectivity index (χ2n) is 5.86. The molecule has 0 N–H and O–H groups in total. The molecule has 1 aliphatic rings. The summed E-state index contributed by atoms with van der Waals surface area (Å²) in [6.07, 6.45) is 3.24. The Morgan fingerprint density at radius 2 is 1.77 bits per heavy atom. The van der Waals surface area contributed by atoms with Gasteiger partial charge in [-0.1, -0.05) is 67.8 Å². The average Bonchev–Trinajstić information content (AvgIpc) is 3.29. The van der Waals surface area contributed by atoms with Crippen LogP contribution in [0, 0.1) is 6.92 Å². The molecule has 0 saturated carbocycles. The Labute approximate surface area is 135 Å². The Hall–Kier alpha value is -1.45. The van der Waals surface area contributed by atoms with Gasteiger partial charge in [-0.3, -0.25) is 4.21 Å². The van der Waals surface area contributed by atoms with E-state index in [1.54, 1.807) is 0 Å². The molecule has 0 unspecified atom stereocenters. The molecule has 2 aromatic rings. The SMILES string of the molecule is CCCC[C@H]1O[C@]1(c1ccccc1)[S@@](=O)c1ccc(C)cc1. The van der Waals surface area contributed by atoms with Crippen molar-refractivity contribution in [2.45, 2.75) is 49.0 Å². The third-order valence-corrected chi connectivity index (χ3v) is 6.04. The summed E-state index contributed by atoms with van der Waals surface area (Å²) in [4.78, 5) is 0.180. The summed E-state index contributed by atoms with van der Waals surface area (Å²) in [6.45, 7) is 4.21. The van der Waals surface area contributed by atoms with Crippen LogP contribution in [0.1, 0.15) is 37.3 Å². The molecular weight excluding hydrogens is 292 g/mol. The van der Waals surface area contributed by atoms with Gasteiger partial charge in [-0.25, -0.2) is 0 Å². The highest BCUT2D eigenvalue weighted by Crippen LogP contribution is 2.53. The van der Waals surface area contributed by atoms with Crippen molar-refractivity contribution in [2.75, 3.05) is 0 Å². The summed E-state index contributed by atoms with van der Waals surface area (Å²) in [6, 6.07) is 17.9. The lowest BCUT2D eigenvalue weighted by molar-refractivity contribution is 0.344. The molecule has 2 aromatic carbocycles. The van der Waals surface area contributed by atoms with Gasteiger partial charge in [-0.15, -0.1) is 0 Å². The number of hydrogen-bond acceptors (Lipinski definition) is 2. The van der Waals surface area contributed by atoms with Gasteiger partial charge < -0.3 is 4.74 Å². The van der Waals surface area contributed by atoms with E-state index < -0.39 is 15.7 Å². The molecule has 3 atom stereocenters. The van der Waals surface area contributed by atoms with E-state index in [1.807, 2.05) is 61.5 Å². The maximum atomic E-state index is 13.2. The zero-order chi connectivity index (χ0) is 15.6. The summed E-state index contributed by atoms with van der Waals surface area (Å²) < 4.78 is 19.2. The zero-order valence-corrected chi connectivity index (χ0v) is 13.9. The van der Waals surface area contributed by atoms with Gasteiger partial charge in [0.15, 0.2) is 4.93 Å². The number of unbranched alkanes of at least 4 members (excludes halogenated alkanes) is 1. The van der Waals surface area contributed by atoms with Crippen molar-refractivity contribution >= 4 is 10.8 Å². The lowest BCUT2D eigenvalue weighted by Crippen LogP contribution is -2.20. The minimum absolute atomic E-state index is 0.0528. The van der Waals surface area contributed by atoms with Crippen molar-refractivity contribution in [1.82, 2.24) is 0 Å². The lowest BCUT2D eigenvalue weighted by Gasteiger charge is -2.14. The van der Waals surface area contributed by atoms with Gasteiger partial charge in [-0.2, -0.15) is 0 Å². The molecule has 3 rings (SSSR count). The minimum atomic E-state index is -1.20. The van der Waals surface area contributed by atoms with E-state index in [9.17, 15) is 4.21 Å². The van der Waals surface area contributed by atoms with Crippen LogP contribution in [0.4, 0.5) is 0 Å². The predicted octanol–water partition coefficient (Wildman–Crippen LogP) is 4.54. The number of aryl methyl sites for hydroxylation is 1. The van der Waals surface area contributed by atoms with E-state index in [0.717, 1.165) is 29.7 Å². The maximum absolute atomic E-state index is 13.2. The van der Waals surface area contributed by atoms with Gasteiger partial charge in [0.25, 0.3) is 0 Å². The highest BCUT2D eigenvalue weighted by molar-refractivity contribution is 7.86. The monoisotopic (exact) mass is 314 g/mol. The predicted molar refractivity (Wildman–Crippen MR) is 90.1 cm³/mol. The first kappa shape index (κ1) is 15.4. The maximum Gasteiger partial charge on any atom is 0.199 e. The number of benzene rings is 2. The molecule has 0 aromatic heterocycles. The van der Waals surface area contributed by atoms with E-state index in [1.165, 1.54) is 5.56 Å². The van der Waals surface area contributed by atoms with Crippen molar-refractivity contribution in [2.24, 2.45) is 0 Å². The first-order chi connectivity index (χ1) is 10.7. The molecule has 2 nitrogen and oxygen atoms in total. The molecule has 1 aliphatic heterocycles. The van der Waals surface area contributed by atoms with Crippen LogP contribution in [0.2, 0.25) is 0 Å². The summed E-state index contributed by atoms with van der Waals surface area (Å²) in [7, 11) is -1.20. The van der Waals surface area contributed by atoms with E-state index in [-0.39, 0.29) is 6.10 Å². The van der Waals surface area contributed by atoms with E-state index in [2.05, 4.69) is 6.92 Å². The molecule has 1 fully saturated rings. The van der Waals surface area contributed by atoms with Crippen molar-refractivity contribution in [3.8, 4) is 0 Å². The molecule has 0 aliphatic carbocycles. The van der Waals surface area contributed by atoms with E-state index in [4.69, 9.17) is 4.74 Å². The van der Waals surface area contributed by atoms with Crippen LogP contribution in [-0.2, 0) is 20.5 Å². The molecule has 1 saturated heterocycles. The molecule has 0 bridgehead atoms. The molecule has 0 spiro atoms. The van der Waals surface area contributed by atoms with Gasteiger partial charge in [0.2, 0.25) is 0 Å². The van der Waals surface area contributed by atoms with Crippen LogP contribution in [0.5, 0.6) is 0 Å². The second kappa shape index (κ2) is 6.35. The summed E-state index contributed by atoms with van der Waals surface area (Å²) >= 11 is 0. The Kier molecular flexibility index (Phi) is 4.46. The quantitative estimate of drug-likeness (QED) is 0.732. The number of hydrogen-bond donors (Lipinski definition) is 0. The third-order valence-electron chi connectivity index (χ3n) is 4.19. The summed E-state index contributed by atoms with van der Waals surface area (Å²) in [5, 5.41) is 0. The normalized spacial score (nSPS) is 24.9. The molecule has 116 valence electrons. The Bertz CT molecular complexity index is 651. The Morgan fingerprint density at radius 1 is 1.09 bits per heavy atom. The first-order valence-corrected chi connectivity index (χ1v) is 9.05. The van der Waals surface area contributed by atoms with Crippen LogP contribution in [0.25, 0.3) is 0 Å². The van der Waals surface area contributed by atoms with Crippen molar-refractivity contribution in [3.63, 3.8) is 0 Å². The smallest absolute Gasteiger partial charge is 0.199 e. The van der Waals surface area contributed by atoms with Crippen LogP contribution < -0.4 is 0 Å². The fraction of sp³-hybridized carbons (Fsp3) is 0.368. The first-order valence-electron chi connectivity index (χ1n) is 7.90. The van der Waals surface area contributed by atoms with Crippen molar-refractivity contribution in [1.29, 1.82) is 0 Å². The highest BCUT2D eigenvalue weighted by Gasteiger charge is 2.62. The molecule has 0 radical (unpaired) electrons. The Balaban J connectivity index is 1.93. The van der Waals surface area contributed by atoms with Crippen molar-refractivity contribution in [3.05, 3.63) is 65.7 Å². The third kappa shape index (κ3) is 2.75. The highest BCUT2D eigenvalue weighted by atomic mass is 32.2. The molecule has 3 heteroatoms. The topological polar surface area (TPSA) is 29.6 Å². The Morgan fingerprint density at radius 3 is 2.41 bits per heavy atom. The van der Waals surface area contributed by atoms with Gasteiger partial charge in [-0.05, 0) is 31.0 Å². The number of ether oxygens (including phenoxy) is 1. The van der Waals surface area contributed by atoms with E-state index in [0.29, 0.717) is 0 Å². The van der Waals surface area contributed by atoms with Crippen molar-refractivity contribution < 1.29 is 8.95 Å². The van der Waals surface area contributed by atoms with Gasteiger partial charge in [0.05, 0.1) is 10.8 Å². The number of rotatable bonds is 6. The molecule has 22 heavy (non-hydrogen) atoms. The fourth-order valence-electron chi connectivity index (χ4n) is 2.85. The lowest BCUT2D eigenvalue weighted by atomic mass is 10.1. The number of epoxide rings is 1. The van der Waals surface area contributed by atoms with E-state index >= 15 is 0 Å². The zero-order valence-electron chi connectivity index (χ0n) is 13.1. The van der Waals surface area contributed by atoms with Crippen LogP contribution in [0.3, 0.4) is 0 Å². The summed E-state index contributed by atoms with van der Waals surface area (Å²) in [5.41, 5.74) is 2.20. The van der Waals surface area contributed by atoms with Crippen LogP contribution in [-0.4, -0.2) is 10.3 Å². The van der Waals surface area contributed by atoms with Gasteiger partial charge in [0.1, 0.15) is 6.10 Å². The molecule has 0 amide bonds. The van der Waals surface area contributed by atoms with Gasteiger partial charge >= 0.3 is 0 Å². The van der Waals surface area contributed by atoms with Gasteiger partial charge in [0, 0.05) is 4.90 Å². The summed E-state index contributed by atoms with van der Waals surface area (Å²) in [5.74, 6) is 0. The molecular formula is C19H22O2S. The molecule has 1 heterocycles. The van der Waals surface area contributed by atoms with Crippen LogP contribution in [0.15, 0.2) is 59.5 Å². The minimum Gasteiger partial charge on any atom is -0.347 e. The fourth-order valence-corrected chi connectivity index (χ4v) is 4.49. The van der Waals surface area contributed by atoms with Crippen LogP contribution >= 0.6 is 0 Å². The standard InChI is InChI=1S/C19H22O2S/c1-3-4-10-18-19(21-18,16-8-6-5-7-9-16)22(20)17-13-11-15(2)12-14-17/h5-9,11-14,18H,3-4,10H2,1-2H3/t18-,19-,22+/m1/s1. The second-order valence-corrected chi connectivity index (χ2v) is 7.48. The average molecular weight is 314 g/mol.